The van der Waals surface area contributed by atoms with Crippen LogP contribution in [-0.2, 0) is 12.8 Å². The van der Waals surface area contributed by atoms with Gasteiger partial charge in [0.1, 0.15) is 17.4 Å². The Morgan fingerprint density at radius 2 is 1.81 bits per heavy atom. The Morgan fingerprint density at radius 3 is 2.43 bits per heavy atom. The lowest BCUT2D eigenvalue weighted by Crippen LogP contribution is -2.26. The van der Waals surface area contributed by atoms with E-state index in [2.05, 4.69) is 15.9 Å². The van der Waals surface area contributed by atoms with E-state index in [4.69, 9.17) is 10.5 Å². The Balaban J connectivity index is 2.15. The predicted molar refractivity (Wildman–Crippen MR) is 82.4 cm³/mol. The average molecular weight is 356 g/mol. The molecule has 0 fully saturated rings. The van der Waals surface area contributed by atoms with Crippen LogP contribution in [-0.4, -0.2) is 13.2 Å². The van der Waals surface area contributed by atoms with E-state index in [1.165, 1.54) is 18.2 Å². The van der Waals surface area contributed by atoms with E-state index in [0.717, 1.165) is 10.0 Å². The number of ether oxygens (including phenoxy) is 1. The Kier molecular flexibility index (Phi) is 5.31. The number of methoxy groups -OCH3 is 1. The maximum absolute atomic E-state index is 13.6. The third-order valence-corrected chi connectivity index (χ3v) is 3.75. The number of hydrogen-bond donors (Lipinski definition) is 1. The highest BCUT2D eigenvalue weighted by Gasteiger charge is 2.15. The summed E-state index contributed by atoms with van der Waals surface area (Å²) in [5.41, 5.74) is 6.97. The fourth-order valence-electron chi connectivity index (χ4n) is 2.25. The minimum Gasteiger partial charge on any atom is -0.496 e. The monoisotopic (exact) mass is 355 g/mol. The van der Waals surface area contributed by atoms with Gasteiger partial charge in [0, 0.05) is 16.1 Å². The quantitative estimate of drug-likeness (QED) is 0.883. The molecule has 2 N–H and O–H groups in total. The molecule has 0 aliphatic heterocycles. The predicted octanol–water partition coefficient (Wildman–Crippen LogP) is 3.85. The van der Waals surface area contributed by atoms with Gasteiger partial charge in [-0.1, -0.05) is 22.0 Å². The molecule has 2 nitrogen and oxygen atoms in total. The third-order valence-electron chi connectivity index (χ3n) is 3.25. The molecular formula is C16H16BrF2NO. The second kappa shape index (κ2) is 7.00. The van der Waals surface area contributed by atoms with E-state index >= 15 is 0 Å². The zero-order valence-corrected chi connectivity index (χ0v) is 13.2. The van der Waals surface area contributed by atoms with Gasteiger partial charge >= 0.3 is 0 Å². The summed E-state index contributed by atoms with van der Waals surface area (Å²) in [6, 6.07) is 9.02. The number of rotatable bonds is 5. The molecular weight excluding hydrogens is 340 g/mol. The van der Waals surface area contributed by atoms with Crippen LogP contribution in [0.4, 0.5) is 8.78 Å². The van der Waals surface area contributed by atoms with E-state index < -0.39 is 17.7 Å². The summed E-state index contributed by atoms with van der Waals surface area (Å²) in [4.78, 5) is 0. The van der Waals surface area contributed by atoms with Crippen LogP contribution >= 0.6 is 15.9 Å². The summed E-state index contributed by atoms with van der Waals surface area (Å²) >= 11 is 3.39. The maximum atomic E-state index is 13.6. The van der Waals surface area contributed by atoms with Crippen LogP contribution in [0.2, 0.25) is 0 Å². The van der Waals surface area contributed by atoms with Crippen molar-refractivity contribution >= 4 is 15.9 Å². The first kappa shape index (κ1) is 15.9. The van der Waals surface area contributed by atoms with Crippen LogP contribution in [0.15, 0.2) is 40.9 Å². The minimum absolute atomic E-state index is 0.0268. The van der Waals surface area contributed by atoms with Crippen molar-refractivity contribution in [3.05, 3.63) is 63.6 Å². The smallest absolute Gasteiger partial charge is 0.129 e. The lowest BCUT2D eigenvalue weighted by atomic mass is 9.98. The first-order chi connectivity index (χ1) is 10.0. The standard InChI is InChI=1S/C16H16BrF2NO/c1-21-16-6-5-11(17)7-10(16)8-12(20)9-13-14(18)3-2-4-15(13)19/h2-7,12H,8-9,20H2,1H3. The van der Waals surface area contributed by atoms with Gasteiger partial charge in [0.25, 0.3) is 0 Å². The molecule has 0 spiro atoms. The van der Waals surface area contributed by atoms with Crippen molar-refractivity contribution < 1.29 is 13.5 Å². The second-order valence-electron chi connectivity index (χ2n) is 4.82. The highest BCUT2D eigenvalue weighted by molar-refractivity contribution is 9.10. The van der Waals surface area contributed by atoms with E-state index in [1.54, 1.807) is 7.11 Å². The van der Waals surface area contributed by atoms with E-state index in [0.29, 0.717) is 12.2 Å². The molecule has 1 unspecified atom stereocenters. The van der Waals surface area contributed by atoms with Crippen LogP contribution in [0.1, 0.15) is 11.1 Å². The molecule has 1 atom stereocenters. The van der Waals surface area contributed by atoms with Crippen molar-refractivity contribution in [1.82, 2.24) is 0 Å². The van der Waals surface area contributed by atoms with Crippen molar-refractivity contribution in [2.75, 3.05) is 7.11 Å². The lowest BCUT2D eigenvalue weighted by Gasteiger charge is -2.15. The van der Waals surface area contributed by atoms with Gasteiger partial charge in [0.15, 0.2) is 0 Å². The zero-order chi connectivity index (χ0) is 15.4. The summed E-state index contributed by atoms with van der Waals surface area (Å²) in [5.74, 6) is -0.416. The number of halogens is 3. The molecule has 0 aliphatic rings. The summed E-state index contributed by atoms with van der Waals surface area (Å²) in [6.07, 6.45) is 0.602. The van der Waals surface area contributed by atoms with Crippen LogP contribution in [0.3, 0.4) is 0 Å². The summed E-state index contributed by atoms with van der Waals surface area (Å²) in [6.45, 7) is 0. The summed E-state index contributed by atoms with van der Waals surface area (Å²) in [5, 5.41) is 0. The Morgan fingerprint density at radius 1 is 1.14 bits per heavy atom. The van der Waals surface area contributed by atoms with Gasteiger partial charge in [-0.15, -0.1) is 0 Å². The SMILES string of the molecule is COc1ccc(Br)cc1CC(N)Cc1c(F)cccc1F. The van der Waals surface area contributed by atoms with Gasteiger partial charge in [-0.2, -0.15) is 0 Å². The molecule has 0 bridgehead atoms. The highest BCUT2D eigenvalue weighted by Crippen LogP contribution is 2.25. The average Bonchev–Trinajstić information content (AvgIpc) is 2.43. The van der Waals surface area contributed by atoms with E-state index in [9.17, 15) is 8.78 Å². The largest absolute Gasteiger partial charge is 0.496 e. The van der Waals surface area contributed by atoms with Gasteiger partial charge < -0.3 is 10.5 Å². The molecule has 2 rings (SSSR count). The first-order valence-corrected chi connectivity index (χ1v) is 7.31. The molecule has 0 heterocycles. The van der Waals surface area contributed by atoms with Crippen molar-refractivity contribution in [3.63, 3.8) is 0 Å². The molecule has 0 radical (unpaired) electrons. The zero-order valence-electron chi connectivity index (χ0n) is 11.6. The molecule has 0 saturated carbocycles. The lowest BCUT2D eigenvalue weighted by molar-refractivity contribution is 0.407. The molecule has 5 heteroatoms. The number of benzene rings is 2. The van der Waals surface area contributed by atoms with Gasteiger partial charge in [-0.05, 0) is 48.7 Å². The van der Waals surface area contributed by atoms with E-state index in [-0.39, 0.29) is 12.0 Å². The molecule has 2 aromatic rings. The molecule has 0 aromatic heterocycles. The Labute approximate surface area is 131 Å². The first-order valence-electron chi connectivity index (χ1n) is 6.52. The van der Waals surface area contributed by atoms with E-state index in [1.807, 2.05) is 18.2 Å². The molecule has 0 aliphatic carbocycles. The fourth-order valence-corrected chi connectivity index (χ4v) is 2.66. The van der Waals surface area contributed by atoms with Crippen LogP contribution < -0.4 is 10.5 Å². The maximum Gasteiger partial charge on any atom is 0.129 e. The Bertz CT molecular complexity index is 613. The Hall–Kier alpha value is -1.46. The summed E-state index contributed by atoms with van der Waals surface area (Å²) < 4.78 is 33.4. The molecule has 21 heavy (non-hydrogen) atoms. The molecule has 112 valence electrons. The normalized spacial score (nSPS) is 12.2. The van der Waals surface area contributed by atoms with Gasteiger partial charge in [0.2, 0.25) is 0 Å². The van der Waals surface area contributed by atoms with Crippen LogP contribution in [0.25, 0.3) is 0 Å². The summed E-state index contributed by atoms with van der Waals surface area (Å²) in [7, 11) is 1.58. The van der Waals surface area contributed by atoms with Crippen molar-refractivity contribution in [2.45, 2.75) is 18.9 Å². The minimum atomic E-state index is -0.563. The van der Waals surface area contributed by atoms with Gasteiger partial charge in [-0.25, -0.2) is 8.78 Å². The number of hydrogen-bond acceptors (Lipinski definition) is 2. The molecule has 2 aromatic carbocycles. The van der Waals surface area contributed by atoms with Crippen molar-refractivity contribution in [2.24, 2.45) is 5.73 Å². The van der Waals surface area contributed by atoms with Crippen LogP contribution in [0, 0.1) is 11.6 Å². The van der Waals surface area contributed by atoms with Crippen molar-refractivity contribution in [3.8, 4) is 5.75 Å². The van der Waals surface area contributed by atoms with Crippen molar-refractivity contribution in [1.29, 1.82) is 0 Å². The highest BCUT2D eigenvalue weighted by atomic mass is 79.9. The van der Waals surface area contributed by atoms with Crippen LogP contribution in [0.5, 0.6) is 5.75 Å². The van der Waals surface area contributed by atoms with Gasteiger partial charge in [0.05, 0.1) is 7.11 Å². The number of nitrogens with two attached hydrogens (primary N) is 1. The third kappa shape index (κ3) is 4.02. The fraction of sp³-hybridized carbons (Fsp3) is 0.250. The second-order valence-corrected chi connectivity index (χ2v) is 5.74. The molecule has 0 amide bonds. The molecule has 0 saturated heterocycles. The van der Waals surface area contributed by atoms with Gasteiger partial charge in [-0.3, -0.25) is 0 Å². The topological polar surface area (TPSA) is 35.2 Å².